The average molecular weight is 149 g/mol. The first kappa shape index (κ1) is 6.65. The molecule has 0 fully saturated rings. The van der Waals surface area contributed by atoms with Crippen LogP contribution in [0, 0.1) is 0 Å². The molecule has 2 rings (SSSR count). The van der Waals surface area contributed by atoms with Crippen LogP contribution in [0.5, 0.6) is 5.75 Å². The monoisotopic (exact) mass is 149 g/mol. The van der Waals surface area contributed by atoms with Crippen LogP contribution in [0.2, 0.25) is 0 Å². The van der Waals surface area contributed by atoms with Gasteiger partial charge < -0.3 is 4.74 Å². The molecule has 2 heteroatoms. The van der Waals surface area contributed by atoms with E-state index in [0.29, 0.717) is 0 Å². The highest BCUT2D eigenvalue weighted by atomic mass is 16.5. The maximum atomic E-state index is 5.48. The molecule has 0 saturated heterocycles. The van der Waals surface area contributed by atoms with E-state index in [9.17, 15) is 0 Å². The van der Waals surface area contributed by atoms with E-state index in [1.165, 1.54) is 11.1 Å². The fourth-order valence-corrected chi connectivity index (χ4v) is 1.42. The molecule has 0 unspecified atom stereocenters. The summed E-state index contributed by atoms with van der Waals surface area (Å²) in [6, 6.07) is 0. The smallest absolute Gasteiger partial charge is 0.128 e. The van der Waals surface area contributed by atoms with Crippen LogP contribution >= 0.6 is 0 Å². The van der Waals surface area contributed by atoms with Gasteiger partial charge in [-0.3, -0.25) is 4.98 Å². The molecule has 1 aromatic heterocycles. The molecule has 0 amide bonds. The Morgan fingerprint density at radius 3 is 3.27 bits per heavy atom. The predicted octanol–water partition coefficient (Wildman–Crippen LogP) is 1.58. The maximum Gasteiger partial charge on any atom is 0.128 e. The van der Waals surface area contributed by atoms with Crippen molar-refractivity contribution in [3.8, 4) is 5.75 Å². The number of aromatic nitrogens is 1. The van der Waals surface area contributed by atoms with Crippen molar-refractivity contribution in [3.05, 3.63) is 23.5 Å². The topological polar surface area (TPSA) is 22.1 Å². The molecule has 2 nitrogen and oxygen atoms in total. The van der Waals surface area contributed by atoms with Gasteiger partial charge in [-0.25, -0.2) is 0 Å². The average Bonchev–Trinajstić information content (AvgIpc) is 2.50. The summed E-state index contributed by atoms with van der Waals surface area (Å²) in [7, 11) is 0. The Hall–Kier alpha value is -1.05. The van der Waals surface area contributed by atoms with Gasteiger partial charge in [0.15, 0.2) is 0 Å². The van der Waals surface area contributed by atoms with E-state index < -0.39 is 0 Å². The van der Waals surface area contributed by atoms with E-state index in [-0.39, 0.29) is 0 Å². The molecule has 1 aliphatic rings. The number of hydrogen-bond acceptors (Lipinski definition) is 2. The molecule has 11 heavy (non-hydrogen) atoms. The SMILES string of the molecule is CCc1cncc2c1OCC2. The number of hydrogen-bond donors (Lipinski definition) is 0. The first-order valence-electron chi connectivity index (χ1n) is 4.00. The van der Waals surface area contributed by atoms with Gasteiger partial charge in [-0.1, -0.05) is 6.92 Å². The molecule has 0 bridgehead atoms. The summed E-state index contributed by atoms with van der Waals surface area (Å²) < 4.78 is 5.48. The van der Waals surface area contributed by atoms with Gasteiger partial charge in [-0.15, -0.1) is 0 Å². The first-order chi connectivity index (χ1) is 5.42. The van der Waals surface area contributed by atoms with Crippen LogP contribution in [0.25, 0.3) is 0 Å². The molecule has 0 saturated carbocycles. The second-order valence-electron chi connectivity index (χ2n) is 2.74. The second-order valence-corrected chi connectivity index (χ2v) is 2.74. The number of pyridine rings is 1. The number of fused-ring (bicyclic) bond motifs is 1. The summed E-state index contributed by atoms with van der Waals surface area (Å²) in [6.07, 6.45) is 5.83. The van der Waals surface area contributed by atoms with Crippen molar-refractivity contribution >= 4 is 0 Å². The van der Waals surface area contributed by atoms with E-state index in [1.54, 1.807) is 0 Å². The zero-order chi connectivity index (χ0) is 7.68. The molecule has 0 aromatic carbocycles. The Kier molecular flexibility index (Phi) is 1.53. The fraction of sp³-hybridized carbons (Fsp3) is 0.444. The summed E-state index contributed by atoms with van der Waals surface area (Å²) in [4.78, 5) is 4.15. The molecule has 1 aromatic rings. The second kappa shape index (κ2) is 2.53. The van der Waals surface area contributed by atoms with E-state index >= 15 is 0 Å². The largest absolute Gasteiger partial charge is 0.493 e. The van der Waals surface area contributed by atoms with Gasteiger partial charge in [0.05, 0.1) is 6.61 Å². The first-order valence-corrected chi connectivity index (χ1v) is 4.00. The lowest BCUT2D eigenvalue weighted by molar-refractivity contribution is 0.353. The standard InChI is InChI=1S/C9H11NO/c1-2-7-5-10-6-8-3-4-11-9(7)8/h5-6H,2-4H2,1H3. The fourth-order valence-electron chi connectivity index (χ4n) is 1.42. The highest BCUT2D eigenvalue weighted by molar-refractivity contribution is 5.41. The summed E-state index contributed by atoms with van der Waals surface area (Å²) in [5.41, 5.74) is 2.50. The lowest BCUT2D eigenvalue weighted by atomic mass is 10.1. The van der Waals surface area contributed by atoms with Crippen molar-refractivity contribution in [1.29, 1.82) is 0 Å². The minimum absolute atomic E-state index is 0.827. The van der Waals surface area contributed by atoms with Crippen molar-refractivity contribution in [2.75, 3.05) is 6.61 Å². The van der Waals surface area contributed by atoms with Crippen LogP contribution < -0.4 is 4.74 Å². The maximum absolute atomic E-state index is 5.48. The van der Waals surface area contributed by atoms with Crippen molar-refractivity contribution in [1.82, 2.24) is 4.98 Å². The zero-order valence-electron chi connectivity index (χ0n) is 6.63. The minimum Gasteiger partial charge on any atom is -0.493 e. The van der Waals surface area contributed by atoms with Crippen LogP contribution in [-0.4, -0.2) is 11.6 Å². The van der Waals surface area contributed by atoms with E-state index in [2.05, 4.69) is 11.9 Å². The van der Waals surface area contributed by atoms with Crippen LogP contribution in [-0.2, 0) is 12.8 Å². The van der Waals surface area contributed by atoms with Gasteiger partial charge >= 0.3 is 0 Å². The summed E-state index contributed by atoms with van der Waals surface area (Å²) in [5, 5.41) is 0. The number of ether oxygens (including phenoxy) is 1. The normalized spacial score (nSPS) is 14.3. The third-order valence-electron chi connectivity index (χ3n) is 2.04. The molecular weight excluding hydrogens is 138 g/mol. The molecule has 0 N–H and O–H groups in total. The quantitative estimate of drug-likeness (QED) is 0.604. The van der Waals surface area contributed by atoms with Gasteiger partial charge in [0.2, 0.25) is 0 Å². The van der Waals surface area contributed by atoms with Gasteiger partial charge in [-0.05, 0) is 6.42 Å². The molecule has 58 valence electrons. The number of aryl methyl sites for hydroxylation is 1. The van der Waals surface area contributed by atoms with Gasteiger partial charge in [0.1, 0.15) is 5.75 Å². The summed E-state index contributed by atoms with van der Waals surface area (Å²) in [5.74, 6) is 1.09. The summed E-state index contributed by atoms with van der Waals surface area (Å²) in [6.45, 7) is 2.95. The van der Waals surface area contributed by atoms with Crippen molar-refractivity contribution in [2.45, 2.75) is 19.8 Å². The van der Waals surface area contributed by atoms with E-state index in [0.717, 1.165) is 25.2 Å². The van der Waals surface area contributed by atoms with Crippen LogP contribution in [0.3, 0.4) is 0 Å². The lowest BCUT2D eigenvalue weighted by Gasteiger charge is -2.03. The number of rotatable bonds is 1. The molecule has 1 aliphatic heterocycles. The Labute approximate surface area is 66.2 Å². The molecule has 2 heterocycles. The van der Waals surface area contributed by atoms with Crippen molar-refractivity contribution in [2.24, 2.45) is 0 Å². The molecule has 0 atom stereocenters. The Bertz CT molecular complexity index is 270. The number of nitrogens with zero attached hydrogens (tertiary/aromatic N) is 1. The zero-order valence-corrected chi connectivity index (χ0v) is 6.63. The lowest BCUT2D eigenvalue weighted by Crippen LogP contribution is -1.90. The Balaban J connectivity index is 2.50. The highest BCUT2D eigenvalue weighted by Crippen LogP contribution is 2.28. The minimum atomic E-state index is 0.827. The Morgan fingerprint density at radius 1 is 1.55 bits per heavy atom. The highest BCUT2D eigenvalue weighted by Gasteiger charge is 2.14. The van der Waals surface area contributed by atoms with Crippen LogP contribution in [0.1, 0.15) is 18.1 Å². The van der Waals surface area contributed by atoms with Gasteiger partial charge in [-0.2, -0.15) is 0 Å². The van der Waals surface area contributed by atoms with Crippen molar-refractivity contribution < 1.29 is 4.74 Å². The summed E-state index contributed by atoms with van der Waals surface area (Å²) >= 11 is 0. The van der Waals surface area contributed by atoms with Crippen molar-refractivity contribution in [3.63, 3.8) is 0 Å². The Morgan fingerprint density at radius 2 is 2.45 bits per heavy atom. The third-order valence-corrected chi connectivity index (χ3v) is 2.04. The predicted molar refractivity (Wildman–Crippen MR) is 42.8 cm³/mol. The van der Waals surface area contributed by atoms with E-state index in [4.69, 9.17) is 4.74 Å². The molecule has 0 radical (unpaired) electrons. The van der Waals surface area contributed by atoms with Gasteiger partial charge in [0.25, 0.3) is 0 Å². The van der Waals surface area contributed by atoms with Gasteiger partial charge in [0, 0.05) is 29.9 Å². The molecule has 0 aliphatic carbocycles. The van der Waals surface area contributed by atoms with Crippen LogP contribution in [0.4, 0.5) is 0 Å². The van der Waals surface area contributed by atoms with Crippen LogP contribution in [0.15, 0.2) is 12.4 Å². The molecule has 0 spiro atoms. The third kappa shape index (κ3) is 0.985. The molecular formula is C9H11NO. The van der Waals surface area contributed by atoms with E-state index in [1.807, 2.05) is 12.4 Å².